The lowest BCUT2D eigenvalue weighted by Crippen LogP contribution is -2.35. The summed E-state index contributed by atoms with van der Waals surface area (Å²) >= 11 is 5.99. The summed E-state index contributed by atoms with van der Waals surface area (Å²) in [7, 11) is 0. The van der Waals surface area contributed by atoms with Crippen molar-refractivity contribution in [2.75, 3.05) is 5.32 Å². The molecule has 0 aromatic heterocycles. The molecule has 2 heterocycles. The van der Waals surface area contributed by atoms with Crippen LogP contribution in [0.3, 0.4) is 0 Å². The molecule has 2 N–H and O–H groups in total. The van der Waals surface area contributed by atoms with E-state index in [2.05, 4.69) is 24.1 Å². The van der Waals surface area contributed by atoms with Crippen LogP contribution in [0.15, 0.2) is 30.6 Å². The molecular formula is C20H24ClN5O. The molecule has 0 saturated heterocycles. The van der Waals surface area contributed by atoms with Gasteiger partial charge in [-0.1, -0.05) is 37.6 Å². The Labute approximate surface area is 164 Å². The Hall–Kier alpha value is -2.18. The Morgan fingerprint density at radius 3 is 2.56 bits per heavy atom. The summed E-state index contributed by atoms with van der Waals surface area (Å²) in [6.07, 6.45) is 5.23. The summed E-state index contributed by atoms with van der Waals surface area (Å²) in [5.74, 6) is 2.36. The summed E-state index contributed by atoms with van der Waals surface area (Å²) in [6, 6.07) is 7.75. The first-order chi connectivity index (χ1) is 12.9. The molecule has 0 amide bonds. The molecule has 7 heteroatoms. The normalized spacial score (nSPS) is 16.3. The molecule has 3 aliphatic rings. The van der Waals surface area contributed by atoms with E-state index in [4.69, 9.17) is 21.6 Å². The zero-order valence-corrected chi connectivity index (χ0v) is 16.4. The highest BCUT2D eigenvalue weighted by Gasteiger charge is 2.33. The molecule has 1 saturated carbocycles. The molecule has 0 bridgehead atoms. The maximum absolute atomic E-state index is 10.7. The molecule has 1 aliphatic carbocycles. The second-order valence-corrected chi connectivity index (χ2v) is 8.06. The van der Waals surface area contributed by atoms with Gasteiger partial charge in [0.05, 0.1) is 12.9 Å². The van der Waals surface area contributed by atoms with E-state index in [1.54, 1.807) is 6.33 Å². The van der Waals surface area contributed by atoms with Gasteiger partial charge in [0.1, 0.15) is 11.5 Å². The number of aliphatic hydroxyl groups is 1. The van der Waals surface area contributed by atoms with Gasteiger partial charge in [-0.15, -0.1) is 0 Å². The fourth-order valence-corrected chi connectivity index (χ4v) is 3.64. The number of rotatable bonds is 5. The molecule has 4 rings (SSSR count). The maximum Gasteiger partial charge on any atom is 0.166 e. The van der Waals surface area contributed by atoms with E-state index in [0.717, 1.165) is 42.9 Å². The zero-order valence-electron chi connectivity index (χ0n) is 15.6. The van der Waals surface area contributed by atoms with Crippen LogP contribution in [-0.2, 0) is 6.54 Å². The molecule has 27 heavy (non-hydrogen) atoms. The summed E-state index contributed by atoms with van der Waals surface area (Å²) in [4.78, 5) is 14.0. The van der Waals surface area contributed by atoms with E-state index in [9.17, 15) is 5.11 Å². The van der Waals surface area contributed by atoms with Gasteiger partial charge in [0.2, 0.25) is 0 Å². The average molecular weight is 386 g/mol. The van der Waals surface area contributed by atoms with Crippen LogP contribution in [0.25, 0.3) is 11.5 Å². The number of halogens is 1. The van der Waals surface area contributed by atoms with Crippen molar-refractivity contribution in [2.24, 2.45) is 0 Å². The summed E-state index contributed by atoms with van der Waals surface area (Å²) in [5.41, 5.74) is 0.909. The van der Waals surface area contributed by atoms with E-state index in [-0.39, 0.29) is 5.92 Å². The molecule has 1 aromatic rings. The van der Waals surface area contributed by atoms with Crippen LogP contribution in [0.1, 0.15) is 56.8 Å². The molecule has 6 nitrogen and oxygen atoms in total. The molecule has 0 radical (unpaired) electrons. The Morgan fingerprint density at radius 1 is 1.19 bits per heavy atom. The van der Waals surface area contributed by atoms with Gasteiger partial charge in [-0.25, -0.2) is 15.0 Å². The van der Waals surface area contributed by atoms with Crippen molar-refractivity contribution in [3.8, 4) is 11.5 Å². The number of fused-ring (bicyclic) bond motifs is 1. The number of benzene rings is 1. The second-order valence-electron chi connectivity index (χ2n) is 7.62. The van der Waals surface area contributed by atoms with Gasteiger partial charge in [-0.05, 0) is 43.4 Å². The van der Waals surface area contributed by atoms with Crippen LogP contribution in [0.4, 0.5) is 5.82 Å². The fourth-order valence-electron chi connectivity index (χ4n) is 3.51. The Bertz CT molecular complexity index is 899. The van der Waals surface area contributed by atoms with Crippen LogP contribution in [0.5, 0.6) is 0 Å². The number of imidazole rings is 1. The molecule has 0 atom stereocenters. The van der Waals surface area contributed by atoms with Crippen molar-refractivity contribution in [1.29, 1.82) is 0 Å². The fraction of sp³-hybridized carbons (Fsp3) is 0.450. The first-order valence-electron chi connectivity index (χ1n) is 9.41. The summed E-state index contributed by atoms with van der Waals surface area (Å²) < 4.78 is 1.99. The van der Waals surface area contributed by atoms with Crippen LogP contribution >= 0.6 is 11.6 Å². The first kappa shape index (κ1) is 18.2. The lowest BCUT2D eigenvalue weighted by atomic mass is 10.2. The van der Waals surface area contributed by atoms with Crippen molar-refractivity contribution >= 4 is 17.4 Å². The first-order valence-corrected chi connectivity index (χ1v) is 9.79. The largest absolute Gasteiger partial charge is 0.371 e. The lowest BCUT2D eigenvalue weighted by molar-refractivity contribution is 0.0775. The van der Waals surface area contributed by atoms with Crippen molar-refractivity contribution in [3.05, 3.63) is 47.0 Å². The van der Waals surface area contributed by atoms with E-state index in [0.29, 0.717) is 23.1 Å². The van der Waals surface area contributed by atoms with Crippen molar-refractivity contribution in [3.63, 3.8) is 0 Å². The van der Waals surface area contributed by atoms with Gasteiger partial charge in [0.15, 0.2) is 17.3 Å². The van der Waals surface area contributed by atoms with Gasteiger partial charge >= 0.3 is 0 Å². The number of aromatic nitrogens is 4. The molecule has 1 fully saturated rings. The van der Waals surface area contributed by atoms with Gasteiger partial charge in [0.25, 0.3) is 0 Å². The standard InChI is InChI=1S/C20H24ClN5O/c1-13(2)17-23-16-18(25-20(27)9-3-4-10-20)22-12-26(19(16)24-17)11-14-5-7-15(21)8-6-14/h5-8,12-13,25,27H,3-4,9-11H2,1-2H3. The number of hydrogen-bond donors (Lipinski definition) is 2. The van der Waals surface area contributed by atoms with E-state index in [1.165, 1.54) is 0 Å². The minimum absolute atomic E-state index is 0.212. The highest BCUT2D eigenvalue weighted by atomic mass is 35.5. The van der Waals surface area contributed by atoms with Gasteiger partial charge in [-0.2, -0.15) is 0 Å². The second kappa shape index (κ2) is 7.09. The predicted octanol–water partition coefficient (Wildman–Crippen LogP) is 4.28. The van der Waals surface area contributed by atoms with Crippen LogP contribution < -0.4 is 5.32 Å². The van der Waals surface area contributed by atoms with Gasteiger partial charge in [0, 0.05) is 10.9 Å². The van der Waals surface area contributed by atoms with E-state index < -0.39 is 5.72 Å². The van der Waals surface area contributed by atoms with Crippen molar-refractivity contribution in [1.82, 2.24) is 19.5 Å². The minimum atomic E-state index is -0.904. The smallest absolute Gasteiger partial charge is 0.166 e. The Morgan fingerprint density at radius 2 is 1.89 bits per heavy atom. The van der Waals surface area contributed by atoms with Crippen molar-refractivity contribution < 1.29 is 5.11 Å². The highest BCUT2D eigenvalue weighted by molar-refractivity contribution is 6.30. The molecule has 142 valence electrons. The molecular weight excluding hydrogens is 362 g/mol. The highest BCUT2D eigenvalue weighted by Crippen LogP contribution is 2.34. The van der Waals surface area contributed by atoms with Crippen LogP contribution in [-0.4, -0.2) is 30.4 Å². The Balaban J connectivity index is 1.72. The average Bonchev–Trinajstić information content (AvgIpc) is 3.26. The third-order valence-corrected chi connectivity index (χ3v) is 5.30. The Kier molecular flexibility index (Phi) is 4.78. The minimum Gasteiger partial charge on any atom is -0.371 e. The number of hydrogen-bond acceptors (Lipinski definition) is 5. The molecule has 0 unspecified atom stereocenters. The molecule has 0 spiro atoms. The van der Waals surface area contributed by atoms with Crippen molar-refractivity contribution in [2.45, 2.75) is 57.7 Å². The monoisotopic (exact) mass is 385 g/mol. The topological polar surface area (TPSA) is 75.9 Å². The van der Waals surface area contributed by atoms with E-state index in [1.807, 2.05) is 28.8 Å². The third-order valence-electron chi connectivity index (χ3n) is 5.05. The number of nitrogens with zero attached hydrogens (tertiary/aromatic N) is 4. The summed E-state index contributed by atoms with van der Waals surface area (Å²) in [6.45, 7) is 4.77. The van der Waals surface area contributed by atoms with Crippen LogP contribution in [0, 0.1) is 0 Å². The van der Waals surface area contributed by atoms with Gasteiger partial charge in [-0.3, -0.25) is 0 Å². The summed E-state index contributed by atoms with van der Waals surface area (Å²) in [5, 5.41) is 14.7. The lowest BCUT2D eigenvalue weighted by Gasteiger charge is -2.25. The maximum atomic E-state index is 10.7. The number of nitrogens with one attached hydrogen (secondary N) is 1. The quantitative estimate of drug-likeness (QED) is 0.641. The third kappa shape index (κ3) is 3.77. The van der Waals surface area contributed by atoms with E-state index >= 15 is 0 Å². The predicted molar refractivity (Wildman–Crippen MR) is 106 cm³/mol. The van der Waals surface area contributed by atoms with Crippen LogP contribution in [0.2, 0.25) is 5.02 Å². The molecule has 1 aromatic carbocycles. The zero-order chi connectivity index (χ0) is 19.0. The molecule has 2 aliphatic heterocycles. The van der Waals surface area contributed by atoms with Gasteiger partial charge < -0.3 is 15.0 Å². The SMILES string of the molecule is CC(C)c1nc2c(NC3(O)CCCC3)ncn(Cc3ccc(Cl)cc3)c-2n1. The number of anilines is 1.